The molecule has 0 saturated heterocycles. The Balaban J connectivity index is 1.70. The molecule has 0 atom stereocenters. The van der Waals surface area contributed by atoms with Gasteiger partial charge in [-0.1, -0.05) is 30.3 Å². The molecule has 0 aliphatic carbocycles. The fourth-order valence-corrected chi connectivity index (χ4v) is 4.93. The summed E-state index contributed by atoms with van der Waals surface area (Å²) in [5.74, 6) is 1.92. The van der Waals surface area contributed by atoms with Gasteiger partial charge in [0.2, 0.25) is 0 Å². The van der Waals surface area contributed by atoms with Crippen LogP contribution in [0.25, 0.3) is 11.1 Å². The van der Waals surface area contributed by atoms with E-state index in [-0.39, 0.29) is 16.9 Å². The van der Waals surface area contributed by atoms with E-state index >= 15 is 0 Å². The minimum Gasteiger partial charge on any atom is -0.508 e. The Kier molecular flexibility index (Phi) is 4.59. The predicted octanol–water partition coefficient (Wildman–Crippen LogP) is 5.95. The Morgan fingerprint density at radius 1 is 0.906 bits per heavy atom. The van der Waals surface area contributed by atoms with Gasteiger partial charge in [-0.2, -0.15) is 0 Å². The number of phenolic OH excluding ortho intramolecular Hbond substituents is 1. The molecule has 4 nitrogen and oxygen atoms in total. The minimum atomic E-state index is -0.281. The molecule has 32 heavy (non-hydrogen) atoms. The molecule has 0 aromatic heterocycles. The normalized spacial score (nSPS) is 17.7. The largest absolute Gasteiger partial charge is 0.508 e. The number of ether oxygens (including phenoxy) is 2. The summed E-state index contributed by atoms with van der Waals surface area (Å²) in [5, 5.41) is 9.66. The average Bonchev–Trinajstić information content (AvgIpc) is 3.07. The van der Waals surface area contributed by atoms with Crippen molar-refractivity contribution in [2.45, 2.75) is 51.7 Å². The maximum atomic E-state index is 9.66. The molecule has 0 unspecified atom stereocenters. The molecule has 0 saturated carbocycles. The quantitative estimate of drug-likeness (QED) is 0.562. The Hall–Kier alpha value is -3.27. The lowest BCUT2D eigenvalue weighted by atomic mass is 9.80. The molecule has 2 heterocycles. The molecule has 5 rings (SSSR count). The average molecular weight is 428 g/mol. The lowest BCUT2D eigenvalue weighted by Gasteiger charge is -2.31. The number of aromatic hydroxyl groups is 1. The number of fused-ring (bicyclic) bond motifs is 3. The van der Waals surface area contributed by atoms with Gasteiger partial charge in [-0.25, -0.2) is 0 Å². The van der Waals surface area contributed by atoms with E-state index in [9.17, 15) is 5.11 Å². The summed E-state index contributed by atoms with van der Waals surface area (Å²) >= 11 is 0. The third-order valence-corrected chi connectivity index (χ3v) is 6.24. The maximum Gasteiger partial charge on any atom is 0.166 e. The highest BCUT2D eigenvalue weighted by Crippen LogP contribution is 2.48. The zero-order chi connectivity index (χ0) is 22.7. The van der Waals surface area contributed by atoms with Crippen LogP contribution in [0.15, 0.2) is 59.6 Å². The highest BCUT2D eigenvalue weighted by Gasteiger charge is 2.39. The SMILES string of the molecule is COc1cc2c(c3c1OC(C)(C)C3)C(c1cccc(-c3ccc(O)cc3)c1)=NC(C)(C)C2. The maximum absolute atomic E-state index is 9.66. The Bertz CT molecular complexity index is 1240. The molecule has 0 radical (unpaired) electrons. The van der Waals surface area contributed by atoms with E-state index in [1.54, 1.807) is 19.2 Å². The van der Waals surface area contributed by atoms with E-state index in [0.717, 1.165) is 46.7 Å². The van der Waals surface area contributed by atoms with Gasteiger partial charge in [-0.15, -0.1) is 0 Å². The number of nitrogens with zero attached hydrogens (tertiary/aromatic N) is 1. The molecule has 1 N–H and O–H groups in total. The van der Waals surface area contributed by atoms with Gasteiger partial charge in [0.1, 0.15) is 11.4 Å². The number of methoxy groups -OCH3 is 1. The van der Waals surface area contributed by atoms with Crippen LogP contribution in [-0.4, -0.2) is 29.1 Å². The van der Waals surface area contributed by atoms with Gasteiger partial charge >= 0.3 is 0 Å². The van der Waals surface area contributed by atoms with Crippen LogP contribution in [0.3, 0.4) is 0 Å². The molecule has 0 bridgehead atoms. The second-order valence-corrected chi connectivity index (χ2v) is 10.0. The van der Waals surface area contributed by atoms with Gasteiger partial charge in [-0.05, 0) is 75.1 Å². The Labute approximate surface area is 189 Å². The zero-order valence-electron chi connectivity index (χ0n) is 19.3. The lowest BCUT2D eigenvalue weighted by Crippen LogP contribution is -2.30. The van der Waals surface area contributed by atoms with Gasteiger partial charge in [0.15, 0.2) is 11.5 Å². The third kappa shape index (κ3) is 3.54. The summed E-state index contributed by atoms with van der Waals surface area (Å²) in [6.45, 7) is 8.60. The minimum absolute atomic E-state index is 0.217. The predicted molar refractivity (Wildman–Crippen MR) is 128 cm³/mol. The van der Waals surface area contributed by atoms with Gasteiger partial charge in [0.05, 0.1) is 18.4 Å². The van der Waals surface area contributed by atoms with Crippen molar-refractivity contribution in [1.29, 1.82) is 0 Å². The fourth-order valence-electron chi connectivity index (χ4n) is 4.93. The van der Waals surface area contributed by atoms with Crippen molar-refractivity contribution in [3.05, 3.63) is 76.9 Å². The monoisotopic (exact) mass is 427 g/mol. The van der Waals surface area contributed by atoms with E-state index in [2.05, 4.69) is 58.0 Å². The smallest absolute Gasteiger partial charge is 0.166 e. The van der Waals surface area contributed by atoms with E-state index in [1.165, 1.54) is 16.7 Å². The van der Waals surface area contributed by atoms with Crippen molar-refractivity contribution in [2.24, 2.45) is 4.99 Å². The van der Waals surface area contributed by atoms with Crippen molar-refractivity contribution in [3.63, 3.8) is 0 Å². The first-order chi connectivity index (χ1) is 15.2. The van der Waals surface area contributed by atoms with Crippen molar-refractivity contribution in [2.75, 3.05) is 7.11 Å². The Morgan fingerprint density at radius 3 is 2.34 bits per heavy atom. The molecular weight excluding hydrogens is 398 g/mol. The summed E-state index contributed by atoms with van der Waals surface area (Å²) in [6.07, 6.45) is 1.67. The van der Waals surface area contributed by atoms with E-state index in [1.807, 2.05) is 12.1 Å². The number of benzene rings is 3. The van der Waals surface area contributed by atoms with Crippen LogP contribution in [0.5, 0.6) is 17.2 Å². The highest BCUT2D eigenvalue weighted by molar-refractivity contribution is 6.16. The molecule has 0 fully saturated rings. The van der Waals surface area contributed by atoms with Gasteiger partial charge in [0.25, 0.3) is 0 Å². The van der Waals surface area contributed by atoms with Crippen molar-refractivity contribution in [1.82, 2.24) is 0 Å². The summed E-state index contributed by atoms with van der Waals surface area (Å²) < 4.78 is 12.0. The summed E-state index contributed by atoms with van der Waals surface area (Å²) in [4.78, 5) is 5.24. The van der Waals surface area contributed by atoms with Crippen LogP contribution < -0.4 is 9.47 Å². The molecule has 4 heteroatoms. The Morgan fingerprint density at radius 2 is 1.62 bits per heavy atom. The van der Waals surface area contributed by atoms with Crippen LogP contribution in [0, 0.1) is 0 Å². The molecule has 0 spiro atoms. The second-order valence-electron chi connectivity index (χ2n) is 10.0. The first kappa shape index (κ1) is 20.6. The van der Waals surface area contributed by atoms with Crippen LogP contribution in [0.2, 0.25) is 0 Å². The summed E-state index contributed by atoms with van der Waals surface area (Å²) in [7, 11) is 1.71. The topological polar surface area (TPSA) is 51.0 Å². The van der Waals surface area contributed by atoms with Crippen LogP contribution in [0.4, 0.5) is 0 Å². The third-order valence-electron chi connectivity index (χ3n) is 6.24. The summed E-state index contributed by atoms with van der Waals surface area (Å²) in [6, 6.07) is 17.9. The molecule has 2 aliphatic heterocycles. The molecule has 0 amide bonds. The summed E-state index contributed by atoms with van der Waals surface area (Å²) in [5.41, 5.74) is 7.39. The molecule has 164 valence electrons. The van der Waals surface area contributed by atoms with Gasteiger partial charge in [0, 0.05) is 23.1 Å². The van der Waals surface area contributed by atoms with Gasteiger partial charge in [-0.3, -0.25) is 4.99 Å². The highest BCUT2D eigenvalue weighted by atomic mass is 16.5. The first-order valence-corrected chi connectivity index (χ1v) is 11.1. The molecule has 2 aliphatic rings. The van der Waals surface area contributed by atoms with Crippen LogP contribution in [0.1, 0.15) is 49.9 Å². The van der Waals surface area contributed by atoms with Gasteiger partial charge < -0.3 is 14.6 Å². The number of hydrogen-bond donors (Lipinski definition) is 1. The number of hydrogen-bond acceptors (Lipinski definition) is 4. The van der Waals surface area contributed by atoms with Crippen molar-refractivity contribution in [3.8, 4) is 28.4 Å². The fraction of sp³-hybridized carbons (Fsp3) is 0.321. The van der Waals surface area contributed by atoms with Crippen molar-refractivity contribution >= 4 is 5.71 Å². The molecule has 3 aromatic rings. The number of aliphatic imine (C=N–C) groups is 1. The standard InChI is InChI=1S/C28H29NO3/c1-27(2)15-20-14-23(31-5)26-22(16-28(3,4)32-26)24(20)25(29-27)19-8-6-7-18(13-19)17-9-11-21(30)12-10-17/h6-14,30H,15-16H2,1-5H3. The van der Waals surface area contributed by atoms with Crippen LogP contribution >= 0.6 is 0 Å². The first-order valence-electron chi connectivity index (χ1n) is 11.1. The van der Waals surface area contributed by atoms with Crippen molar-refractivity contribution < 1.29 is 14.6 Å². The van der Waals surface area contributed by atoms with E-state index in [0.29, 0.717) is 0 Å². The van der Waals surface area contributed by atoms with E-state index in [4.69, 9.17) is 14.5 Å². The second kappa shape index (κ2) is 7.13. The molecular formula is C28H29NO3. The van der Waals surface area contributed by atoms with E-state index < -0.39 is 0 Å². The molecule has 3 aromatic carbocycles. The lowest BCUT2D eigenvalue weighted by molar-refractivity contribution is 0.134. The number of phenols is 1. The number of rotatable bonds is 3. The van der Waals surface area contributed by atoms with Crippen LogP contribution in [-0.2, 0) is 12.8 Å². The zero-order valence-corrected chi connectivity index (χ0v) is 19.3.